The van der Waals surface area contributed by atoms with Gasteiger partial charge in [-0.2, -0.15) is 0 Å². The molecule has 0 aliphatic carbocycles. The summed E-state index contributed by atoms with van der Waals surface area (Å²) >= 11 is 0. The number of nitrogens with zero attached hydrogens (tertiary/aromatic N) is 2. The normalized spacial score (nSPS) is 11.8. The molecule has 0 spiro atoms. The minimum atomic E-state index is 0. The Morgan fingerprint density at radius 3 is 2.55 bits per heavy atom. The Labute approximate surface area is 125 Å². The molecule has 1 atom stereocenters. The van der Waals surface area contributed by atoms with Crippen molar-refractivity contribution in [2.75, 3.05) is 11.9 Å². The Bertz CT molecular complexity index is 512. The second-order valence-corrected chi connectivity index (χ2v) is 4.56. The molecule has 20 heavy (non-hydrogen) atoms. The van der Waals surface area contributed by atoms with Gasteiger partial charge in [0.25, 0.3) is 0 Å². The van der Waals surface area contributed by atoms with E-state index in [4.69, 9.17) is 10.2 Å². The van der Waals surface area contributed by atoms with E-state index in [0.717, 1.165) is 6.42 Å². The van der Waals surface area contributed by atoms with E-state index in [0.29, 0.717) is 24.9 Å². The second kappa shape index (κ2) is 7.87. The van der Waals surface area contributed by atoms with Crippen LogP contribution in [0.3, 0.4) is 0 Å². The highest BCUT2D eigenvalue weighted by atomic mass is 35.5. The molecule has 0 aliphatic heterocycles. The van der Waals surface area contributed by atoms with Crippen molar-refractivity contribution in [2.45, 2.75) is 32.7 Å². The van der Waals surface area contributed by atoms with E-state index in [1.54, 1.807) is 0 Å². The minimum absolute atomic E-state index is 0. The van der Waals surface area contributed by atoms with Crippen molar-refractivity contribution < 1.29 is 4.42 Å². The number of hydrogen-bond donors (Lipinski definition) is 2. The second-order valence-electron chi connectivity index (χ2n) is 4.56. The van der Waals surface area contributed by atoms with Crippen LogP contribution in [-0.2, 0) is 6.42 Å². The summed E-state index contributed by atoms with van der Waals surface area (Å²) < 4.78 is 5.49. The number of aryl methyl sites for hydroxylation is 1. The third kappa shape index (κ3) is 4.21. The van der Waals surface area contributed by atoms with Gasteiger partial charge in [-0.1, -0.05) is 41.9 Å². The molecule has 1 heterocycles. The molecule has 1 unspecified atom stereocenters. The van der Waals surface area contributed by atoms with Crippen molar-refractivity contribution >= 4 is 18.4 Å². The summed E-state index contributed by atoms with van der Waals surface area (Å²) in [7, 11) is 0. The van der Waals surface area contributed by atoms with Crippen molar-refractivity contribution in [3.63, 3.8) is 0 Å². The fourth-order valence-corrected chi connectivity index (χ4v) is 1.91. The minimum Gasteiger partial charge on any atom is -0.408 e. The zero-order chi connectivity index (χ0) is 13.7. The van der Waals surface area contributed by atoms with Gasteiger partial charge in [-0.25, -0.2) is 0 Å². The van der Waals surface area contributed by atoms with Crippen LogP contribution in [0.1, 0.15) is 36.4 Å². The first-order valence-electron chi connectivity index (χ1n) is 6.58. The predicted octanol–water partition coefficient (Wildman–Crippen LogP) is 2.86. The van der Waals surface area contributed by atoms with Gasteiger partial charge in [-0.15, -0.1) is 17.5 Å². The van der Waals surface area contributed by atoms with Crippen molar-refractivity contribution in [1.82, 2.24) is 10.2 Å². The molecule has 0 radical (unpaired) electrons. The first kappa shape index (κ1) is 16.5. The third-order valence-corrected chi connectivity index (χ3v) is 3.01. The zero-order valence-corrected chi connectivity index (χ0v) is 12.6. The summed E-state index contributed by atoms with van der Waals surface area (Å²) in [6.07, 6.45) is 1.55. The monoisotopic (exact) mass is 296 g/mol. The standard InChI is InChI=1S/C14H20N4O.ClH/c1-3-12(11-6-4-10(2)5-7-11)16-14-18-17-13(19-14)8-9-15;/h4-7,12H,3,8-9,15H2,1-2H3,(H,16,18);1H. The lowest BCUT2D eigenvalue weighted by atomic mass is 10.0. The molecule has 2 rings (SSSR count). The molecule has 0 saturated heterocycles. The Hall–Kier alpha value is -1.59. The van der Waals surface area contributed by atoms with Gasteiger partial charge < -0.3 is 15.5 Å². The van der Waals surface area contributed by atoms with Gasteiger partial charge in [-0.05, 0) is 18.9 Å². The molecule has 110 valence electrons. The molecule has 0 aliphatic rings. The maximum Gasteiger partial charge on any atom is 0.315 e. The lowest BCUT2D eigenvalue weighted by Gasteiger charge is -2.15. The molecule has 0 amide bonds. The van der Waals surface area contributed by atoms with E-state index in [2.05, 4.69) is 53.6 Å². The van der Waals surface area contributed by atoms with E-state index in [9.17, 15) is 0 Å². The number of nitrogens with two attached hydrogens (primary N) is 1. The highest BCUT2D eigenvalue weighted by Crippen LogP contribution is 2.22. The quantitative estimate of drug-likeness (QED) is 0.857. The Morgan fingerprint density at radius 2 is 1.95 bits per heavy atom. The topological polar surface area (TPSA) is 77.0 Å². The van der Waals surface area contributed by atoms with Gasteiger partial charge in [0.2, 0.25) is 5.89 Å². The van der Waals surface area contributed by atoms with Crippen LogP contribution in [0.2, 0.25) is 0 Å². The van der Waals surface area contributed by atoms with Crippen LogP contribution in [0.4, 0.5) is 6.01 Å². The van der Waals surface area contributed by atoms with Gasteiger partial charge in [0.05, 0.1) is 6.04 Å². The molecule has 0 saturated carbocycles. The van der Waals surface area contributed by atoms with Crippen LogP contribution in [0.25, 0.3) is 0 Å². The summed E-state index contributed by atoms with van der Waals surface area (Å²) in [6, 6.07) is 9.07. The number of anilines is 1. The average Bonchev–Trinajstić information content (AvgIpc) is 2.85. The summed E-state index contributed by atoms with van der Waals surface area (Å²) in [6.45, 7) is 4.71. The molecule has 3 N–H and O–H groups in total. The number of benzene rings is 1. The van der Waals surface area contributed by atoms with Crippen LogP contribution in [0.15, 0.2) is 28.7 Å². The molecule has 2 aromatic rings. The Balaban J connectivity index is 0.00000200. The van der Waals surface area contributed by atoms with E-state index in [-0.39, 0.29) is 18.4 Å². The molecule has 0 fully saturated rings. The van der Waals surface area contributed by atoms with Crippen molar-refractivity contribution in [3.05, 3.63) is 41.3 Å². The van der Waals surface area contributed by atoms with Crippen molar-refractivity contribution in [2.24, 2.45) is 5.73 Å². The third-order valence-electron chi connectivity index (χ3n) is 3.01. The van der Waals surface area contributed by atoms with E-state index < -0.39 is 0 Å². The van der Waals surface area contributed by atoms with Gasteiger partial charge in [-0.3, -0.25) is 0 Å². The number of nitrogens with one attached hydrogen (secondary N) is 1. The lowest BCUT2D eigenvalue weighted by Crippen LogP contribution is -2.09. The van der Waals surface area contributed by atoms with Gasteiger partial charge in [0.1, 0.15) is 0 Å². The average molecular weight is 297 g/mol. The molecule has 1 aromatic carbocycles. The summed E-state index contributed by atoms with van der Waals surface area (Å²) in [5, 5.41) is 11.2. The van der Waals surface area contributed by atoms with Gasteiger partial charge >= 0.3 is 6.01 Å². The summed E-state index contributed by atoms with van der Waals surface area (Å²) in [5.41, 5.74) is 7.92. The summed E-state index contributed by atoms with van der Waals surface area (Å²) in [4.78, 5) is 0. The highest BCUT2D eigenvalue weighted by molar-refractivity contribution is 5.85. The van der Waals surface area contributed by atoms with Crippen LogP contribution in [0.5, 0.6) is 0 Å². The van der Waals surface area contributed by atoms with E-state index in [1.165, 1.54) is 11.1 Å². The Kier molecular flexibility index (Phi) is 6.48. The van der Waals surface area contributed by atoms with Crippen LogP contribution in [-0.4, -0.2) is 16.7 Å². The lowest BCUT2D eigenvalue weighted by molar-refractivity contribution is 0.498. The maximum absolute atomic E-state index is 5.49. The first-order chi connectivity index (χ1) is 9.22. The number of aromatic nitrogens is 2. The molecule has 5 nitrogen and oxygen atoms in total. The smallest absolute Gasteiger partial charge is 0.315 e. The zero-order valence-electron chi connectivity index (χ0n) is 11.8. The number of rotatable bonds is 6. The molecule has 1 aromatic heterocycles. The number of halogens is 1. The highest BCUT2D eigenvalue weighted by Gasteiger charge is 2.13. The van der Waals surface area contributed by atoms with Crippen LogP contribution in [0, 0.1) is 6.92 Å². The Morgan fingerprint density at radius 1 is 1.25 bits per heavy atom. The molecular formula is C14H21ClN4O. The molecular weight excluding hydrogens is 276 g/mol. The fraction of sp³-hybridized carbons (Fsp3) is 0.429. The number of hydrogen-bond acceptors (Lipinski definition) is 5. The maximum atomic E-state index is 5.49. The van der Waals surface area contributed by atoms with Gasteiger partial charge in [0.15, 0.2) is 0 Å². The van der Waals surface area contributed by atoms with Crippen molar-refractivity contribution in [1.29, 1.82) is 0 Å². The van der Waals surface area contributed by atoms with Gasteiger partial charge in [0, 0.05) is 13.0 Å². The molecule has 6 heteroatoms. The molecule has 0 bridgehead atoms. The van der Waals surface area contributed by atoms with E-state index in [1.807, 2.05) is 0 Å². The SMILES string of the molecule is CCC(Nc1nnc(CCN)o1)c1ccc(C)cc1.Cl. The predicted molar refractivity (Wildman–Crippen MR) is 82.1 cm³/mol. The first-order valence-corrected chi connectivity index (χ1v) is 6.58. The summed E-state index contributed by atoms with van der Waals surface area (Å²) in [5.74, 6) is 0.573. The fourth-order valence-electron chi connectivity index (χ4n) is 1.91. The van der Waals surface area contributed by atoms with Crippen molar-refractivity contribution in [3.8, 4) is 0 Å². The van der Waals surface area contributed by atoms with Crippen LogP contribution >= 0.6 is 12.4 Å². The largest absolute Gasteiger partial charge is 0.408 e. The van der Waals surface area contributed by atoms with E-state index >= 15 is 0 Å². The van der Waals surface area contributed by atoms with Crippen LogP contribution < -0.4 is 11.1 Å².